The molecule has 1 heterocycles. The van der Waals surface area contributed by atoms with Crippen LogP contribution in [0.5, 0.6) is 17.2 Å². The summed E-state index contributed by atoms with van der Waals surface area (Å²) in [6, 6.07) is 13.2. The number of benzene rings is 2. The lowest BCUT2D eigenvalue weighted by molar-refractivity contribution is -0.145. The average molecular weight is 397 g/mol. The Morgan fingerprint density at radius 1 is 1.00 bits per heavy atom. The number of hydrogen-bond acceptors (Lipinski definition) is 7. The first kappa shape index (κ1) is 20.3. The second-order valence-electron chi connectivity index (χ2n) is 6.20. The maximum absolute atomic E-state index is 12.1. The van der Waals surface area contributed by atoms with Gasteiger partial charge in [-0.25, -0.2) is 4.98 Å². The third-order valence-corrected chi connectivity index (χ3v) is 4.30. The summed E-state index contributed by atoms with van der Waals surface area (Å²) >= 11 is 0. The van der Waals surface area contributed by atoms with Crippen molar-refractivity contribution in [3.63, 3.8) is 0 Å². The molecule has 0 bridgehead atoms. The predicted octanol–water partition coefficient (Wildman–Crippen LogP) is 4.04. The van der Waals surface area contributed by atoms with Gasteiger partial charge in [0.05, 0.1) is 21.3 Å². The van der Waals surface area contributed by atoms with E-state index in [2.05, 4.69) is 4.98 Å². The molecule has 0 saturated carbocycles. The Morgan fingerprint density at radius 2 is 1.69 bits per heavy atom. The molecule has 0 spiro atoms. The summed E-state index contributed by atoms with van der Waals surface area (Å²) in [6.45, 7) is 0.0599. The van der Waals surface area contributed by atoms with E-state index in [-0.39, 0.29) is 19.0 Å². The van der Waals surface area contributed by atoms with Gasteiger partial charge < -0.3 is 23.4 Å². The van der Waals surface area contributed by atoms with Gasteiger partial charge in [-0.1, -0.05) is 18.2 Å². The fourth-order valence-corrected chi connectivity index (χ4v) is 2.84. The number of carbonyl (C=O) groups is 1. The van der Waals surface area contributed by atoms with E-state index in [1.165, 1.54) is 6.26 Å². The van der Waals surface area contributed by atoms with Gasteiger partial charge in [0.15, 0.2) is 11.5 Å². The Balaban J connectivity index is 1.55. The van der Waals surface area contributed by atoms with Crippen LogP contribution in [0.1, 0.15) is 17.7 Å². The van der Waals surface area contributed by atoms with E-state index in [1.807, 2.05) is 42.5 Å². The molecule has 0 unspecified atom stereocenters. The minimum atomic E-state index is -0.331. The second kappa shape index (κ2) is 9.64. The molecule has 2 aromatic carbocycles. The zero-order chi connectivity index (χ0) is 20.6. The quantitative estimate of drug-likeness (QED) is 0.504. The standard InChI is InChI=1S/C22H23NO6/c1-25-18-11-15(12-19(26-2)21(18)27-3)9-10-20(24)28-13-17-14-29-22(23-17)16-7-5-4-6-8-16/h4-8,11-12,14H,9-10,13H2,1-3H3. The number of hydrogen-bond donors (Lipinski definition) is 0. The average Bonchev–Trinajstić information content (AvgIpc) is 3.25. The molecular formula is C22H23NO6. The zero-order valence-electron chi connectivity index (χ0n) is 16.6. The van der Waals surface area contributed by atoms with Crippen molar-refractivity contribution in [2.24, 2.45) is 0 Å². The van der Waals surface area contributed by atoms with Crippen LogP contribution in [-0.4, -0.2) is 32.3 Å². The highest BCUT2D eigenvalue weighted by atomic mass is 16.5. The van der Waals surface area contributed by atoms with Gasteiger partial charge in [0.2, 0.25) is 11.6 Å². The zero-order valence-corrected chi connectivity index (χ0v) is 16.6. The van der Waals surface area contributed by atoms with Crippen molar-refractivity contribution in [2.45, 2.75) is 19.4 Å². The van der Waals surface area contributed by atoms with Crippen molar-refractivity contribution in [3.05, 3.63) is 60.0 Å². The van der Waals surface area contributed by atoms with Gasteiger partial charge in [-0.2, -0.15) is 0 Å². The van der Waals surface area contributed by atoms with E-state index >= 15 is 0 Å². The van der Waals surface area contributed by atoms with Gasteiger partial charge in [0.1, 0.15) is 18.6 Å². The molecule has 0 aliphatic heterocycles. The maximum atomic E-state index is 12.1. The van der Waals surface area contributed by atoms with Gasteiger partial charge in [-0.05, 0) is 36.2 Å². The van der Waals surface area contributed by atoms with Crippen LogP contribution in [0.2, 0.25) is 0 Å². The van der Waals surface area contributed by atoms with Crippen LogP contribution in [0.25, 0.3) is 11.5 Å². The molecule has 0 aliphatic carbocycles. The van der Waals surface area contributed by atoms with Crippen LogP contribution in [0.4, 0.5) is 0 Å². The van der Waals surface area contributed by atoms with Gasteiger partial charge in [0, 0.05) is 12.0 Å². The number of carbonyl (C=O) groups excluding carboxylic acids is 1. The summed E-state index contributed by atoms with van der Waals surface area (Å²) in [7, 11) is 4.65. The lowest BCUT2D eigenvalue weighted by atomic mass is 10.1. The summed E-state index contributed by atoms with van der Waals surface area (Å²) in [5, 5.41) is 0. The van der Waals surface area contributed by atoms with Crippen LogP contribution in [-0.2, 0) is 22.6 Å². The van der Waals surface area contributed by atoms with Crippen LogP contribution < -0.4 is 14.2 Å². The lowest BCUT2D eigenvalue weighted by Crippen LogP contribution is -2.06. The molecule has 7 heteroatoms. The molecule has 3 aromatic rings. The summed E-state index contributed by atoms with van der Waals surface area (Å²) < 4.78 is 26.7. The van der Waals surface area contributed by atoms with E-state index in [1.54, 1.807) is 21.3 Å². The SMILES string of the molecule is COc1cc(CCC(=O)OCc2coc(-c3ccccc3)n2)cc(OC)c1OC. The third-order valence-electron chi connectivity index (χ3n) is 4.30. The Hall–Kier alpha value is -3.48. The van der Waals surface area contributed by atoms with Crippen molar-refractivity contribution in [3.8, 4) is 28.7 Å². The fourth-order valence-electron chi connectivity index (χ4n) is 2.84. The molecule has 152 valence electrons. The Kier molecular flexibility index (Phi) is 6.73. The van der Waals surface area contributed by atoms with E-state index in [0.29, 0.717) is 35.3 Å². The predicted molar refractivity (Wildman–Crippen MR) is 106 cm³/mol. The number of aromatic nitrogens is 1. The van der Waals surface area contributed by atoms with Crippen molar-refractivity contribution < 1.29 is 28.2 Å². The summed E-state index contributed by atoms with van der Waals surface area (Å²) in [6.07, 6.45) is 2.18. The summed E-state index contributed by atoms with van der Waals surface area (Å²) in [5.74, 6) is 1.77. The Morgan fingerprint density at radius 3 is 2.31 bits per heavy atom. The number of esters is 1. The first-order valence-electron chi connectivity index (χ1n) is 9.09. The number of methoxy groups -OCH3 is 3. The number of rotatable bonds is 9. The largest absolute Gasteiger partial charge is 0.493 e. The van der Waals surface area contributed by atoms with E-state index < -0.39 is 0 Å². The molecule has 0 atom stereocenters. The van der Waals surface area contributed by atoms with Gasteiger partial charge in [0.25, 0.3) is 0 Å². The van der Waals surface area contributed by atoms with Gasteiger partial charge >= 0.3 is 5.97 Å². The molecule has 0 amide bonds. The monoisotopic (exact) mass is 397 g/mol. The van der Waals surface area contributed by atoms with Crippen molar-refractivity contribution >= 4 is 5.97 Å². The smallest absolute Gasteiger partial charge is 0.306 e. The molecule has 29 heavy (non-hydrogen) atoms. The van der Waals surface area contributed by atoms with E-state index in [0.717, 1.165) is 11.1 Å². The molecule has 1 aromatic heterocycles. The minimum Gasteiger partial charge on any atom is -0.493 e. The molecule has 0 saturated heterocycles. The number of nitrogens with zero attached hydrogens (tertiary/aromatic N) is 1. The highest BCUT2D eigenvalue weighted by Crippen LogP contribution is 2.38. The van der Waals surface area contributed by atoms with Crippen molar-refractivity contribution in [1.82, 2.24) is 4.98 Å². The van der Waals surface area contributed by atoms with Crippen molar-refractivity contribution in [1.29, 1.82) is 0 Å². The van der Waals surface area contributed by atoms with Crippen LogP contribution in [0.3, 0.4) is 0 Å². The van der Waals surface area contributed by atoms with Crippen LogP contribution in [0, 0.1) is 0 Å². The van der Waals surface area contributed by atoms with E-state index in [9.17, 15) is 4.79 Å². The molecule has 0 aliphatic rings. The fraction of sp³-hybridized carbons (Fsp3) is 0.273. The molecular weight excluding hydrogens is 374 g/mol. The normalized spacial score (nSPS) is 10.4. The third kappa shape index (κ3) is 5.07. The van der Waals surface area contributed by atoms with E-state index in [4.69, 9.17) is 23.4 Å². The highest BCUT2D eigenvalue weighted by molar-refractivity contribution is 5.70. The maximum Gasteiger partial charge on any atom is 0.306 e. The summed E-state index contributed by atoms with van der Waals surface area (Å²) in [5.41, 5.74) is 2.31. The number of aryl methyl sites for hydroxylation is 1. The van der Waals surface area contributed by atoms with Crippen LogP contribution >= 0.6 is 0 Å². The number of oxazole rings is 1. The van der Waals surface area contributed by atoms with Gasteiger partial charge in [-0.15, -0.1) is 0 Å². The van der Waals surface area contributed by atoms with Crippen molar-refractivity contribution in [2.75, 3.05) is 21.3 Å². The topological polar surface area (TPSA) is 80.0 Å². The summed E-state index contributed by atoms with van der Waals surface area (Å²) in [4.78, 5) is 16.5. The Labute approximate surface area is 169 Å². The second-order valence-corrected chi connectivity index (χ2v) is 6.20. The van der Waals surface area contributed by atoms with Gasteiger partial charge in [-0.3, -0.25) is 4.79 Å². The molecule has 0 fully saturated rings. The molecule has 7 nitrogen and oxygen atoms in total. The molecule has 0 radical (unpaired) electrons. The first-order valence-corrected chi connectivity index (χ1v) is 9.09. The highest BCUT2D eigenvalue weighted by Gasteiger charge is 2.14. The molecule has 3 rings (SSSR count). The minimum absolute atomic E-state index is 0.0599. The number of ether oxygens (including phenoxy) is 4. The first-order chi connectivity index (χ1) is 14.1. The van der Waals surface area contributed by atoms with Crippen LogP contribution in [0.15, 0.2) is 53.1 Å². The Bertz CT molecular complexity index is 926. The molecule has 0 N–H and O–H groups in total. The lowest BCUT2D eigenvalue weighted by Gasteiger charge is -2.14.